The highest BCUT2D eigenvalue weighted by atomic mass is 35.5. The molecular formula is C14H13ClFNO. The van der Waals surface area contributed by atoms with Crippen LogP contribution >= 0.6 is 11.6 Å². The second kappa shape index (κ2) is 5.94. The van der Waals surface area contributed by atoms with E-state index in [1.165, 1.54) is 18.2 Å². The molecule has 1 N–H and O–H groups in total. The van der Waals surface area contributed by atoms with Crippen molar-refractivity contribution in [3.8, 4) is 0 Å². The van der Waals surface area contributed by atoms with Gasteiger partial charge in [0.05, 0.1) is 6.10 Å². The maximum atomic E-state index is 13.1. The van der Waals surface area contributed by atoms with E-state index >= 15 is 0 Å². The Morgan fingerprint density at radius 1 is 1.28 bits per heavy atom. The highest BCUT2D eigenvalue weighted by molar-refractivity contribution is 6.31. The molecule has 94 valence electrons. The Hall–Kier alpha value is -1.45. The molecule has 0 bridgehead atoms. The Bertz CT molecular complexity index is 518. The van der Waals surface area contributed by atoms with Gasteiger partial charge in [0.25, 0.3) is 0 Å². The molecule has 0 fully saturated rings. The summed E-state index contributed by atoms with van der Waals surface area (Å²) in [6.45, 7) is 0. The van der Waals surface area contributed by atoms with Crippen LogP contribution in [0.15, 0.2) is 42.7 Å². The van der Waals surface area contributed by atoms with Gasteiger partial charge in [0.2, 0.25) is 0 Å². The number of aliphatic hydroxyl groups excluding tert-OH is 1. The number of aromatic nitrogens is 1. The van der Waals surface area contributed by atoms with Gasteiger partial charge >= 0.3 is 0 Å². The Labute approximate surface area is 110 Å². The van der Waals surface area contributed by atoms with Crippen LogP contribution < -0.4 is 0 Å². The number of rotatable bonds is 4. The van der Waals surface area contributed by atoms with Crippen molar-refractivity contribution < 1.29 is 9.50 Å². The van der Waals surface area contributed by atoms with Gasteiger partial charge in [0.15, 0.2) is 0 Å². The van der Waals surface area contributed by atoms with Gasteiger partial charge < -0.3 is 5.11 Å². The first kappa shape index (κ1) is 13.0. The van der Waals surface area contributed by atoms with Gasteiger partial charge in [-0.05, 0) is 35.4 Å². The van der Waals surface area contributed by atoms with E-state index in [4.69, 9.17) is 11.6 Å². The van der Waals surface area contributed by atoms with Crippen LogP contribution in [0.3, 0.4) is 0 Å². The molecule has 18 heavy (non-hydrogen) atoms. The minimum atomic E-state index is -0.603. The van der Waals surface area contributed by atoms with Crippen LogP contribution in [-0.2, 0) is 12.8 Å². The first-order valence-corrected chi connectivity index (χ1v) is 6.04. The number of benzene rings is 1. The summed E-state index contributed by atoms with van der Waals surface area (Å²) in [4.78, 5) is 3.98. The van der Waals surface area contributed by atoms with Gasteiger partial charge in [-0.15, -0.1) is 0 Å². The number of hydrogen-bond acceptors (Lipinski definition) is 2. The van der Waals surface area contributed by atoms with Crippen molar-refractivity contribution in [2.75, 3.05) is 0 Å². The second-order valence-electron chi connectivity index (χ2n) is 4.16. The van der Waals surface area contributed by atoms with Crippen LogP contribution in [-0.4, -0.2) is 16.2 Å². The second-order valence-corrected chi connectivity index (χ2v) is 4.57. The normalized spacial score (nSPS) is 12.4. The monoisotopic (exact) mass is 265 g/mol. The Balaban J connectivity index is 2.03. The van der Waals surface area contributed by atoms with Gasteiger partial charge in [-0.2, -0.15) is 0 Å². The topological polar surface area (TPSA) is 33.1 Å². The zero-order chi connectivity index (χ0) is 13.0. The molecule has 0 aliphatic heterocycles. The molecule has 1 atom stereocenters. The molecule has 0 aliphatic carbocycles. The predicted octanol–water partition coefficient (Wildman–Crippen LogP) is 3.02. The number of aliphatic hydroxyl groups is 1. The molecule has 0 amide bonds. The zero-order valence-corrected chi connectivity index (χ0v) is 10.4. The highest BCUT2D eigenvalue weighted by Gasteiger charge is 2.10. The Morgan fingerprint density at radius 3 is 2.83 bits per heavy atom. The van der Waals surface area contributed by atoms with Crippen molar-refractivity contribution in [2.24, 2.45) is 0 Å². The van der Waals surface area contributed by atoms with Crippen molar-refractivity contribution in [1.29, 1.82) is 0 Å². The Kier molecular flexibility index (Phi) is 4.28. The van der Waals surface area contributed by atoms with E-state index in [1.54, 1.807) is 12.4 Å². The van der Waals surface area contributed by atoms with E-state index in [0.29, 0.717) is 23.4 Å². The van der Waals surface area contributed by atoms with Gasteiger partial charge in [0.1, 0.15) is 5.82 Å². The van der Waals surface area contributed by atoms with Gasteiger partial charge in [-0.1, -0.05) is 17.7 Å². The van der Waals surface area contributed by atoms with E-state index in [0.717, 1.165) is 5.56 Å². The van der Waals surface area contributed by atoms with E-state index in [1.807, 2.05) is 12.1 Å². The summed E-state index contributed by atoms with van der Waals surface area (Å²) < 4.78 is 13.1. The minimum Gasteiger partial charge on any atom is -0.392 e. The summed E-state index contributed by atoms with van der Waals surface area (Å²) >= 11 is 5.95. The molecule has 0 saturated heterocycles. The SMILES string of the molecule is OC(Cc1cccnc1)Cc1cc(F)ccc1Cl. The maximum Gasteiger partial charge on any atom is 0.123 e. The lowest BCUT2D eigenvalue weighted by Crippen LogP contribution is -2.14. The fourth-order valence-electron chi connectivity index (χ4n) is 1.82. The lowest BCUT2D eigenvalue weighted by atomic mass is 10.0. The molecule has 4 heteroatoms. The smallest absolute Gasteiger partial charge is 0.123 e. The molecular weight excluding hydrogens is 253 g/mol. The molecule has 2 rings (SSSR count). The largest absolute Gasteiger partial charge is 0.392 e. The van der Waals surface area contributed by atoms with Crippen LogP contribution in [0.5, 0.6) is 0 Å². The fraction of sp³-hybridized carbons (Fsp3) is 0.214. The van der Waals surface area contributed by atoms with Crippen molar-refractivity contribution in [3.63, 3.8) is 0 Å². The lowest BCUT2D eigenvalue weighted by molar-refractivity contribution is 0.175. The predicted molar refractivity (Wildman–Crippen MR) is 69.1 cm³/mol. The summed E-state index contributed by atoms with van der Waals surface area (Å²) in [5.74, 6) is -0.344. The molecule has 0 saturated carbocycles. The Morgan fingerprint density at radius 2 is 2.11 bits per heavy atom. The first-order chi connectivity index (χ1) is 8.65. The van der Waals surface area contributed by atoms with E-state index in [2.05, 4.69) is 4.98 Å². The molecule has 0 radical (unpaired) electrons. The number of hydrogen-bond donors (Lipinski definition) is 1. The molecule has 2 nitrogen and oxygen atoms in total. The molecule has 0 aliphatic rings. The first-order valence-electron chi connectivity index (χ1n) is 5.66. The van der Waals surface area contributed by atoms with Gasteiger partial charge in [-0.25, -0.2) is 4.39 Å². The van der Waals surface area contributed by atoms with Gasteiger partial charge in [0, 0.05) is 30.3 Å². The molecule has 1 heterocycles. The molecule has 2 aromatic rings. The van der Waals surface area contributed by atoms with E-state index in [9.17, 15) is 9.50 Å². The average Bonchev–Trinajstić information content (AvgIpc) is 2.35. The quantitative estimate of drug-likeness (QED) is 0.922. The molecule has 1 aromatic heterocycles. The van der Waals surface area contributed by atoms with E-state index < -0.39 is 6.10 Å². The van der Waals surface area contributed by atoms with Crippen LogP contribution in [0, 0.1) is 5.82 Å². The summed E-state index contributed by atoms with van der Waals surface area (Å²) in [6, 6.07) is 7.87. The van der Waals surface area contributed by atoms with Crippen LogP contribution in [0.25, 0.3) is 0 Å². The standard InChI is InChI=1S/C14H13ClFNO/c15-14-4-3-12(16)7-11(14)8-13(18)6-10-2-1-5-17-9-10/h1-5,7,9,13,18H,6,8H2. The maximum absolute atomic E-state index is 13.1. The van der Waals surface area contributed by atoms with Crippen molar-refractivity contribution in [2.45, 2.75) is 18.9 Å². The lowest BCUT2D eigenvalue weighted by Gasteiger charge is -2.11. The minimum absolute atomic E-state index is 0.325. The third kappa shape index (κ3) is 3.52. The highest BCUT2D eigenvalue weighted by Crippen LogP contribution is 2.19. The van der Waals surface area contributed by atoms with E-state index in [-0.39, 0.29) is 5.82 Å². The molecule has 1 aromatic carbocycles. The van der Waals surface area contributed by atoms with Crippen molar-refractivity contribution >= 4 is 11.6 Å². The molecule has 0 spiro atoms. The number of pyridine rings is 1. The van der Waals surface area contributed by atoms with Crippen LogP contribution in [0.4, 0.5) is 4.39 Å². The third-order valence-corrected chi connectivity index (χ3v) is 3.03. The average molecular weight is 266 g/mol. The number of nitrogens with zero attached hydrogens (tertiary/aromatic N) is 1. The fourth-order valence-corrected chi connectivity index (χ4v) is 2.01. The number of halogens is 2. The zero-order valence-electron chi connectivity index (χ0n) is 9.68. The van der Waals surface area contributed by atoms with Crippen molar-refractivity contribution in [3.05, 3.63) is 64.7 Å². The van der Waals surface area contributed by atoms with Gasteiger partial charge in [-0.3, -0.25) is 4.98 Å². The third-order valence-electron chi connectivity index (χ3n) is 2.66. The molecule has 1 unspecified atom stereocenters. The summed E-state index contributed by atoms with van der Waals surface area (Å²) in [5, 5.41) is 10.4. The van der Waals surface area contributed by atoms with Crippen LogP contribution in [0.1, 0.15) is 11.1 Å². The summed E-state index contributed by atoms with van der Waals surface area (Å²) in [7, 11) is 0. The van der Waals surface area contributed by atoms with Crippen LogP contribution in [0.2, 0.25) is 5.02 Å². The summed E-state index contributed by atoms with van der Waals surface area (Å²) in [5.41, 5.74) is 1.56. The summed E-state index contributed by atoms with van der Waals surface area (Å²) in [6.07, 6.45) is 3.58. The van der Waals surface area contributed by atoms with Crippen molar-refractivity contribution in [1.82, 2.24) is 4.98 Å².